The minimum absolute atomic E-state index is 0.783. The Morgan fingerprint density at radius 3 is 2.83 bits per heavy atom. The van der Waals surface area contributed by atoms with Crippen LogP contribution in [0.15, 0.2) is 23.8 Å². The Morgan fingerprint density at radius 1 is 1.28 bits per heavy atom. The summed E-state index contributed by atoms with van der Waals surface area (Å²) in [5.41, 5.74) is 4.17. The van der Waals surface area contributed by atoms with Gasteiger partial charge in [-0.1, -0.05) is 0 Å². The van der Waals surface area contributed by atoms with Gasteiger partial charge >= 0.3 is 0 Å². The third-order valence-electron chi connectivity index (χ3n) is 3.09. The van der Waals surface area contributed by atoms with Gasteiger partial charge in [0.05, 0.1) is 29.3 Å². The normalized spacial score (nSPS) is 15.9. The molecule has 2 aromatic rings. The van der Waals surface area contributed by atoms with Crippen LogP contribution in [0.2, 0.25) is 0 Å². The SMILES string of the molecule is Cc1ncsc1-c1ccnc(N2CCOCC2)c1. The van der Waals surface area contributed by atoms with Crippen molar-refractivity contribution < 1.29 is 4.74 Å². The smallest absolute Gasteiger partial charge is 0.129 e. The number of morpholine rings is 1. The van der Waals surface area contributed by atoms with E-state index in [9.17, 15) is 0 Å². The lowest BCUT2D eigenvalue weighted by Crippen LogP contribution is -2.36. The standard InChI is InChI=1S/C13H15N3OS/c1-10-13(18-9-15-10)11-2-3-14-12(8-11)16-4-6-17-7-5-16/h2-3,8-9H,4-7H2,1H3. The van der Waals surface area contributed by atoms with Gasteiger partial charge in [0, 0.05) is 19.3 Å². The van der Waals surface area contributed by atoms with E-state index in [1.165, 1.54) is 10.4 Å². The quantitative estimate of drug-likeness (QED) is 0.831. The first-order valence-corrected chi connectivity index (χ1v) is 6.92. The minimum atomic E-state index is 0.783. The highest BCUT2D eigenvalue weighted by atomic mass is 32.1. The van der Waals surface area contributed by atoms with Gasteiger partial charge in [-0.15, -0.1) is 11.3 Å². The van der Waals surface area contributed by atoms with Gasteiger partial charge in [0.25, 0.3) is 0 Å². The predicted molar refractivity (Wildman–Crippen MR) is 73.1 cm³/mol. The summed E-state index contributed by atoms with van der Waals surface area (Å²) in [5.74, 6) is 1.03. The van der Waals surface area contributed by atoms with E-state index in [-0.39, 0.29) is 0 Å². The third-order valence-corrected chi connectivity index (χ3v) is 4.07. The summed E-state index contributed by atoms with van der Waals surface area (Å²) in [6.45, 7) is 5.44. The van der Waals surface area contributed by atoms with E-state index in [0.29, 0.717) is 0 Å². The molecule has 2 aromatic heterocycles. The van der Waals surface area contributed by atoms with Crippen LogP contribution in [-0.2, 0) is 4.74 Å². The molecule has 0 bridgehead atoms. The Morgan fingerprint density at radius 2 is 2.11 bits per heavy atom. The average Bonchev–Trinajstić information content (AvgIpc) is 2.86. The van der Waals surface area contributed by atoms with Crippen LogP contribution in [-0.4, -0.2) is 36.3 Å². The van der Waals surface area contributed by atoms with Gasteiger partial charge in [-0.3, -0.25) is 0 Å². The summed E-state index contributed by atoms with van der Waals surface area (Å²) in [4.78, 5) is 12.3. The number of aromatic nitrogens is 2. The topological polar surface area (TPSA) is 38.2 Å². The van der Waals surface area contributed by atoms with Gasteiger partial charge in [-0.2, -0.15) is 0 Å². The molecule has 0 radical (unpaired) electrons. The van der Waals surface area contributed by atoms with Crippen LogP contribution in [0, 0.1) is 6.92 Å². The van der Waals surface area contributed by atoms with Crippen molar-refractivity contribution in [2.24, 2.45) is 0 Å². The van der Waals surface area contributed by atoms with Crippen molar-refractivity contribution in [3.8, 4) is 10.4 Å². The first kappa shape index (κ1) is 11.6. The molecule has 0 aromatic carbocycles. The Kier molecular flexibility index (Phi) is 3.25. The molecule has 1 aliphatic heterocycles. The molecule has 1 saturated heterocycles. The molecule has 3 heterocycles. The van der Waals surface area contributed by atoms with Gasteiger partial charge < -0.3 is 9.64 Å². The molecule has 94 valence electrons. The van der Waals surface area contributed by atoms with Crippen molar-refractivity contribution in [1.29, 1.82) is 0 Å². The van der Waals surface area contributed by atoms with Crippen LogP contribution in [0.4, 0.5) is 5.82 Å². The second-order valence-corrected chi connectivity index (χ2v) is 5.12. The van der Waals surface area contributed by atoms with Gasteiger partial charge in [0.15, 0.2) is 0 Å². The fraction of sp³-hybridized carbons (Fsp3) is 0.385. The Labute approximate surface area is 110 Å². The number of hydrogen-bond donors (Lipinski definition) is 0. The molecule has 0 saturated carbocycles. The molecule has 1 fully saturated rings. The Hall–Kier alpha value is -1.46. The molecular formula is C13H15N3OS. The summed E-state index contributed by atoms with van der Waals surface area (Å²) in [7, 11) is 0. The largest absolute Gasteiger partial charge is 0.378 e. The summed E-state index contributed by atoms with van der Waals surface area (Å²) in [5, 5.41) is 0. The molecule has 4 nitrogen and oxygen atoms in total. The molecule has 0 aliphatic carbocycles. The molecule has 1 aliphatic rings. The molecule has 0 atom stereocenters. The zero-order valence-electron chi connectivity index (χ0n) is 10.3. The van der Waals surface area contributed by atoms with Gasteiger partial charge in [-0.25, -0.2) is 9.97 Å². The number of rotatable bonds is 2. The average molecular weight is 261 g/mol. The second kappa shape index (κ2) is 5.04. The van der Waals surface area contributed by atoms with E-state index in [1.54, 1.807) is 11.3 Å². The highest BCUT2D eigenvalue weighted by Crippen LogP contribution is 2.29. The molecule has 0 spiro atoms. The summed E-state index contributed by atoms with van der Waals surface area (Å²) in [6.07, 6.45) is 1.87. The van der Waals surface area contributed by atoms with Crippen LogP contribution in [0.5, 0.6) is 0 Å². The lowest BCUT2D eigenvalue weighted by molar-refractivity contribution is 0.122. The number of ether oxygens (including phenoxy) is 1. The highest BCUT2D eigenvalue weighted by molar-refractivity contribution is 7.13. The van der Waals surface area contributed by atoms with Crippen molar-refractivity contribution in [1.82, 2.24) is 9.97 Å². The van der Waals surface area contributed by atoms with Crippen LogP contribution >= 0.6 is 11.3 Å². The zero-order chi connectivity index (χ0) is 12.4. The van der Waals surface area contributed by atoms with Crippen molar-refractivity contribution in [2.75, 3.05) is 31.2 Å². The maximum absolute atomic E-state index is 5.37. The van der Waals surface area contributed by atoms with Crippen molar-refractivity contribution >= 4 is 17.2 Å². The lowest BCUT2D eigenvalue weighted by Gasteiger charge is -2.27. The molecule has 0 amide bonds. The fourth-order valence-corrected chi connectivity index (χ4v) is 2.91. The van der Waals surface area contributed by atoms with E-state index in [2.05, 4.69) is 20.9 Å². The molecule has 0 unspecified atom stereocenters. The second-order valence-electron chi connectivity index (χ2n) is 4.27. The highest BCUT2D eigenvalue weighted by Gasteiger charge is 2.13. The predicted octanol–water partition coefficient (Wildman–Crippen LogP) is 2.35. The number of aryl methyl sites for hydroxylation is 1. The Balaban J connectivity index is 1.91. The van der Waals surface area contributed by atoms with Crippen LogP contribution in [0.25, 0.3) is 10.4 Å². The van der Waals surface area contributed by atoms with Crippen LogP contribution < -0.4 is 4.90 Å². The molecule has 18 heavy (non-hydrogen) atoms. The number of thiazole rings is 1. The summed E-state index contributed by atoms with van der Waals surface area (Å²) < 4.78 is 5.37. The first-order chi connectivity index (χ1) is 8.84. The molecule has 5 heteroatoms. The lowest BCUT2D eigenvalue weighted by atomic mass is 10.2. The van der Waals surface area contributed by atoms with E-state index in [4.69, 9.17) is 4.74 Å². The monoisotopic (exact) mass is 261 g/mol. The van der Waals surface area contributed by atoms with Crippen molar-refractivity contribution in [2.45, 2.75) is 6.92 Å². The van der Waals surface area contributed by atoms with E-state index in [1.807, 2.05) is 24.7 Å². The molecular weight excluding hydrogens is 246 g/mol. The third kappa shape index (κ3) is 2.23. The van der Waals surface area contributed by atoms with Gasteiger partial charge in [-0.05, 0) is 24.6 Å². The van der Waals surface area contributed by atoms with E-state index < -0.39 is 0 Å². The summed E-state index contributed by atoms with van der Waals surface area (Å²) in [6, 6.07) is 4.19. The van der Waals surface area contributed by atoms with Crippen molar-refractivity contribution in [3.05, 3.63) is 29.5 Å². The minimum Gasteiger partial charge on any atom is -0.378 e. The van der Waals surface area contributed by atoms with E-state index >= 15 is 0 Å². The number of nitrogens with zero attached hydrogens (tertiary/aromatic N) is 3. The maximum Gasteiger partial charge on any atom is 0.129 e. The number of hydrogen-bond acceptors (Lipinski definition) is 5. The number of anilines is 1. The number of pyridine rings is 1. The van der Waals surface area contributed by atoms with E-state index in [0.717, 1.165) is 37.8 Å². The summed E-state index contributed by atoms with van der Waals surface area (Å²) >= 11 is 1.68. The fourth-order valence-electron chi connectivity index (χ4n) is 2.10. The maximum atomic E-state index is 5.37. The zero-order valence-corrected chi connectivity index (χ0v) is 11.1. The Bertz CT molecular complexity index is 535. The van der Waals surface area contributed by atoms with Crippen LogP contribution in [0.3, 0.4) is 0 Å². The van der Waals surface area contributed by atoms with Crippen LogP contribution in [0.1, 0.15) is 5.69 Å². The van der Waals surface area contributed by atoms with Gasteiger partial charge in [0.1, 0.15) is 5.82 Å². The van der Waals surface area contributed by atoms with Gasteiger partial charge in [0.2, 0.25) is 0 Å². The molecule has 3 rings (SSSR count). The first-order valence-electron chi connectivity index (χ1n) is 6.04. The molecule has 0 N–H and O–H groups in total. The van der Waals surface area contributed by atoms with Crippen molar-refractivity contribution in [3.63, 3.8) is 0 Å².